The van der Waals surface area contributed by atoms with Crippen molar-refractivity contribution in [2.75, 3.05) is 18.6 Å². The second kappa shape index (κ2) is 4.13. The summed E-state index contributed by atoms with van der Waals surface area (Å²) in [5.74, 6) is 0.937. The molecule has 88 valence electrons. The van der Waals surface area contributed by atoms with Crippen LogP contribution in [0, 0.1) is 0 Å². The van der Waals surface area contributed by atoms with Crippen LogP contribution in [-0.4, -0.2) is 23.6 Å². The maximum atomic E-state index is 5.25. The third-order valence-corrected chi connectivity index (χ3v) is 3.19. The summed E-state index contributed by atoms with van der Waals surface area (Å²) < 4.78 is 5.25. The first-order chi connectivity index (χ1) is 8.36. The van der Waals surface area contributed by atoms with Gasteiger partial charge in [-0.15, -0.1) is 0 Å². The molecular weight excluding hydrogens is 214 g/mol. The van der Waals surface area contributed by atoms with Crippen molar-refractivity contribution >= 4 is 5.69 Å². The number of imidazole rings is 1. The van der Waals surface area contributed by atoms with E-state index in [1.807, 2.05) is 12.3 Å². The van der Waals surface area contributed by atoms with Gasteiger partial charge in [-0.2, -0.15) is 0 Å². The molecule has 1 N–H and O–H groups in total. The zero-order valence-corrected chi connectivity index (χ0v) is 9.81. The Kier molecular flexibility index (Phi) is 2.48. The van der Waals surface area contributed by atoms with Crippen LogP contribution in [0.15, 0.2) is 30.7 Å². The summed E-state index contributed by atoms with van der Waals surface area (Å²) in [6.07, 6.45) is 4.68. The molecule has 2 heterocycles. The number of hydrogen-bond donors (Lipinski definition) is 1. The average Bonchev–Trinajstić information content (AvgIpc) is 2.99. The predicted molar refractivity (Wildman–Crippen MR) is 66.3 cm³/mol. The maximum absolute atomic E-state index is 5.25. The van der Waals surface area contributed by atoms with E-state index in [9.17, 15) is 0 Å². The van der Waals surface area contributed by atoms with Crippen LogP contribution in [0.1, 0.15) is 11.3 Å². The summed E-state index contributed by atoms with van der Waals surface area (Å²) in [6.45, 7) is 1.95. The highest BCUT2D eigenvalue weighted by molar-refractivity contribution is 5.60. The van der Waals surface area contributed by atoms with E-state index in [1.165, 1.54) is 11.3 Å². The lowest BCUT2D eigenvalue weighted by Crippen LogP contribution is -2.19. The molecule has 4 nitrogen and oxygen atoms in total. The number of nitrogens with zero attached hydrogens (tertiary/aromatic N) is 2. The van der Waals surface area contributed by atoms with E-state index in [-0.39, 0.29) is 0 Å². The molecule has 0 aliphatic carbocycles. The Morgan fingerprint density at radius 3 is 3.18 bits per heavy atom. The van der Waals surface area contributed by atoms with Crippen molar-refractivity contribution < 1.29 is 4.74 Å². The topological polar surface area (TPSA) is 41.1 Å². The van der Waals surface area contributed by atoms with Crippen molar-refractivity contribution in [3.05, 3.63) is 42.0 Å². The summed E-state index contributed by atoms with van der Waals surface area (Å²) in [6, 6.07) is 6.28. The van der Waals surface area contributed by atoms with E-state index < -0.39 is 0 Å². The minimum Gasteiger partial charge on any atom is -0.497 e. The summed E-state index contributed by atoms with van der Waals surface area (Å²) in [5, 5.41) is 0. The van der Waals surface area contributed by atoms with Crippen LogP contribution >= 0.6 is 0 Å². The lowest BCUT2D eigenvalue weighted by atomic mass is 10.1. The van der Waals surface area contributed by atoms with Crippen molar-refractivity contribution in [3.63, 3.8) is 0 Å². The van der Waals surface area contributed by atoms with Gasteiger partial charge in [0.1, 0.15) is 5.75 Å². The first-order valence-corrected chi connectivity index (χ1v) is 5.76. The third-order valence-electron chi connectivity index (χ3n) is 3.19. The first kappa shape index (κ1) is 10.2. The van der Waals surface area contributed by atoms with Gasteiger partial charge in [0, 0.05) is 18.4 Å². The lowest BCUT2D eigenvalue weighted by Gasteiger charge is -2.18. The number of anilines is 1. The highest BCUT2D eigenvalue weighted by atomic mass is 16.5. The van der Waals surface area contributed by atoms with Crippen LogP contribution in [0.2, 0.25) is 0 Å². The fraction of sp³-hybridized carbons (Fsp3) is 0.308. The van der Waals surface area contributed by atoms with E-state index in [1.54, 1.807) is 13.4 Å². The fourth-order valence-electron chi connectivity index (χ4n) is 2.31. The van der Waals surface area contributed by atoms with Gasteiger partial charge in [0.05, 0.1) is 25.7 Å². The number of aromatic amines is 1. The summed E-state index contributed by atoms with van der Waals surface area (Å²) in [4.78, 5) is 9.55. The number of benzene rings is 1. The quantitative estimate of drug-likeness (QED) is 0.875. The molecule has 0 bridgehead atoms. The van der Waals surface area contributed by atoms with Gasteiger partial charge in [-0.3, -0.25) is 0 Å². The number of rotatable bonds is 3. The Hall–Kier alpha value is -1.97. The molecule has 0 spiro atoms. The number of ether oxygens (including phenoxy) is 1. The Morgan fingerprint density at radius 2 is 2.41 bits per heavy atom. The van der Waals surface area contributed by atoms with Crippen LogP contribution in [0.5, 0.6) is 5.75 Å². The Labute approximate surface area is 100 Å². The fourth-order valence-corrected chi connectivity index (χ4v) is 2.31. The molecule has 1 aliphatic heterocycles. The van der Waals surface area contributed by atoms with Crippen LogP contribution in [0.25, 0.3) is 0 Å². The highest BCUT2D eigenvalue weighted by Gasteiger charge is 2.19. The van der Waals surface area contributed by atoms with E-state index >= 15 is 0 Å². The number of H-pyrrole nitrogens is 1. The van der Waals surface area contributed by atoms with Crippen LogP contribution in [-0.2, 0) is 13.0 Å². The van der Waals surface area contributed by atoms with Crippen LogP contribution < -0.4 is 9.64 Å². The molecule has 0 fully saturated rings. The van der Waals surface area contributed by atoms with Crippen molar-refractivity contribution in [2.24, 2.45) is 0 Å². The molecule has 0 unspecified atom stereocenters. The Balaban J connectivity index is 1.84. The van der Waals surface area contributed by atoms with Gasteiger partial charge in [0.2, 0.25) is 0 Å². The molecule has 0 atom stereocenters. The summed E-state index contributed by atoms with van der Waals surface area (Å²) >= 11 is 0. The largest absolute Gasteiger partial charge is 0.497 e. The average molecular weight is 229 g/mol. The molecule has 1 aliphatic rings. The van der Waals surface area contributed by atoms with E-state index in [0.29, 0.717) is 0 Å². The molecule has 0 amide bonds. The van der Waals surface area contributed by atoms with Crippen LogP contribution in [0.4, 0.5) is 5.69 Å². The maximum Gasteiger partial charge on any atom is 0.119 e. The number of methoxy groups -OCH3 is 1. The zero-order valence-electron chi connectivity index (χ0n) is 9.81. The number of hydrogen-bond acceptors (Lipinski definition) is 3. The predicted octanol–water partition coefficient (Wildman–Crippen LogP) is 1.98. The molecule has 0 saturated heterocycles. The monoisotopic (exact) mass is 229 g/mol. The third kappa shape index (κ3) is 1.86. The van der Waals surface area contributed by atoms with Gasteiger partial charge in [0.25, 0.3) is 0 Å². The molecule has 3 rings (SSSR count). The van der Waals surface area contributed by atoms with Crippen LogP contribution in [0.3, 0.4) is 0 Å². The number of fused-ring (bicyclic) bond motifs is 1. The SMILES string of the molecule is COc1ccc2c(c1)CCN2Cc1cnc[nH]1. The lowest BCUT2D eigenvalue weighted by molar-refractivity contribution is 0.414. The zero-order chi connectivity index (χ0) is 11.7. The van der Waals surface area contributed by atoms with Crippen molar-refractivity contribution in [3.8, 4) is 5.75 Å². The molecule has 2 aromatic rings. The smallest absolute Gasteiger partial charge is 0.119 e. The van der Waals surface area contributed by atoms with Gasteiger partial charge < -0.3 is 14.6 Å². The molecule has 17 heavy (non-hydrogen) atoms. The highest BCUT2D eigenvalue weighted by Crippen LogP contribution is 2.31. The first-order valence-electron chi connectivity index (χ1n) is 5.76. The Morgan fingerprint density at radius 1 is 1.47 bits per heavy atom. The minimum absolute atomic E-state index is 0.888. The molecule has 1 aromatic heterocycles. The van der Waals surface area contributed by atoms with E-state index in [2.05, 4.69) is 27.0 Å². The molecular formula is C13H15N3O. The second-order valence-electron chi connectivity index (χ2n) is 4.24. The molecule has 0 saturated carbocycles. The summed E-state index contributed by atoms with van der Waals surface area (Å²) in [7, 11) is 1.71. The normalized spacial score (nSPS) is 13.8. The molecule has 1 aromatic carbocycles. The summed E-state index contributed by atoms with van der Waals surface area (Å²) in [5.41, 5.74) is 3.82. The standard InChI is InChI=1S/C13H15N3O/c1-17-12-2-3-13-10(6-12)4-5-16(13)8-11-7-14-9-15-11/h2-3,6-7,9H,4-5,8H2,1H3,(H,14,15). The Bertz CT molecular complexity index is 507. The van der Waals surface area contributed by atoms with Gasteiger partial charge >= 0.3 is 0 Å². The van der Waals surface area contributed by atoms with Gasteiger partial charge in [0.15, 0.2) is 0 Å². The van der Waals surface area contributed by atoms with Gasteiger partial charge in [-0.1, -0.05) is 0 Å². The van der Waals surface area contributed by atoms with E-state index in [4.69, 9.17) is 4.74 Å². The van der Waals surface area contributed by atoms with E-state index in [0.717, 1.165) is 31.0 Å². The second-order valence-corrected chi connectivity index (χ2v) is 4.24. The number of nitrogens with one attached hydrogen (secondary N) is 1. The van der Waals surface area contributed by atoms with Crippen molar-refractivity contribution in [2.45, 2.75) is 13.0 Å². The van der Waals surface area contributed by atoms with Crippen molar-refractivity contribution in [1.29, 1.82) is 0 Å². The van der Waals surface area contributed by atoms with Crippen molar-refractivity contribution in [1.82, 2.24) is 9.97 Å². The van der Waals surface area contributed by atoms with Gasteiger partial charge in [-0.05, 0) is 30.2 Å². The molecule has 4 heteroatoms. The molecule has 0 radical (unpaired) electrons. The minimum atomic E-state index is 0.888. The number of aromatic nitrogens is 2. The van der Waals surface area contributed by atoms with Gasteiger partial charge in [-0.25, -0.2) is 4.98 Å².